The van der Waals surface area contributed by atoms with Crippen LogP contribution in [0.5, 0.6) is 5.75 Å². The van der Waals surface area contributed by atoms with Crippen LogP contribution in [0.1, 0.15) is 5.69 Å². The van der Waals surface area contributed by atoms with Crippen molar-refractivity contribution < 1.29 is 5.11 Å². The van der Waals surface area contributed by atoms with Crippen LogP contribution in [0.25, 0.3) is 10.9 Å². The van der Waals surface area contributed by atoms with E-state index in [-0.39, 0.29) is 22.7 Å². The van der Waals surface area contributed by atoms with E-state index in [4.69, 9.17) is 11.6 Å². The highest BCUT2D eigenvalue weighted by Gasteiger charge is 2.04. The molecule has 0 amide bonds. The van der Waals surface area contributed by atoms with Crippen LogP contribution in [-0.4, -0.2) is 10.1 Å². The monoisotopic (exact) mass is 273 g/mol. The molecule has 1 heterocycles. The molecule has 1 N–H and O–H groups in total. The first-order valence-corrected chi connectivity index (χ1v) is 4.31. The Bertz CT molecular complexity index is 473. The van der Waals surface area contributed by atoms with Crippen LogP contribution in [0.2, 0.25) is 5.02 Å². The van der Waals surface area contributed by atoms with Gasteiger partial charge in [-0.25, -0.2) is 0 Å². The smallest absolute Gasteiger partial charge is 0.134 e. The summed E-state index contributed by atoms with van der Waals surface area (Å²) in [6.07, 6.45) is 0. The Morgan fingerprint density at radius 1 is 1.21 bits per heavy atom. The molecule has 0 atom stereocenters. The van der Waals surface area contributed by atoms with E-state index in [1.807, 2.05) is 19.1 Å². The lowest BCUT2D eigenvalue weighted by molar-refractivity contribution is 0.476. The van der Waals surface area contributed by atoms with Crippen LogP contribution in [0.15, 0.2) is 24.3 Å². The van der Waals surface area contributed by atoms with Gasteiger partial charge in [-0.3, -0.25) is 4.98 Å². The SMILES string of the molecule is Br.Cc1ccc2c(Cl)c(O)ccc2n1. The van der Waals surface area contributed by atoms with Crippen molar-refractivity contribution in [3.8, 4) is 5.75 Å². The Morgan fingerprint density at radius 3 is 2.64 bits per heavy atom. The van der Waals surface area contributed by atoms with Crippen LogP contribution in [0.3, 0.4) is 0 Å². The fourth-order valence-corrected chi connectivity index (χ4v) is 1.48. The zero-order valence-electron chi connectivity index (χ0n) is 7.49. The highest BCUT2D eigenvalue weighted by molar-refractivity contribution is 8.93. The van der Waals surface area contributed by atoms with E-state index < -0.39 is 0 Å². The maximum atomic E-state index is 9.33. The van der Waals surface area contributed by atoms with Gasteiger partial charge in [0.2, 0.25) is 0 Å². The molecule has 0 aliphatic heterocycles. The Kier molecular flexibility index (Phi) is 3.34. The Hall–Kier alpha value is -0.800. The molecule has 2 aromatic rings. The number of pyridine rings is 1. The fraction of sp³-hybridized carbons (Fsp3) is 0.100. The van der Waals surface area contributed by atoms with Gasteiger partial charge in [0.1, 0.15) is 5.75 Å². The van der Waals surface area contributed by atoms with Crippen LogP contribution >= 0.6 is 28.6 Å². The molecule has 2 nitrogen and oxygen atoms in total. The largest absolute Gasteiger partial charge is 0.506 e. The van der Waals surface area contributed by atoms with Gasteiger partial charge in [-0.15, -0.1) is 17.0 Å². The summed E-state index contributed by atoms with van der Waals surface area (Å²) >= 11 is 5.89. The molecule has 0 saturated carbocycles. The molecule has 0 aliphatic rings. The van der Waals surface area contributed by atoms with Gasteiger partial charge in [0, 0.05) is 11.1 Å². The van der Waals surface area contributed by atoms with Crippen molar-refractivity contribution in [1.82, 2.24) is 4.98 Å². The van der Waals surface area contributed by atoms with Gasteiger partial charge < -0.3 is 5.11 Å². The van der Waals surface area contributed by atoms with Gasteiger partial charge in [-0.05, 0) is 31.2 Å². The summed E-state index contributed by atoms with van der Waals surface area (Å²) in [6, 6.07) is 7.04. The summed E-state index contributed by atoms with van der Waals surface area (Å²) in [5.41, 5.74) is 1.75. The number of aromatic nitrogens is 1. The number of hydrogen-bond acceptors (Lipinski definition) is 2. The second-order valence-electron chi connectivity index (χ2n) is 2.92. The van der Waals surface area contributed by atoms with E-state index in [1.54, 1.807) is 12.1 Å². The predicted molar refractivity (Wildman–Crippen MR) is 63.5 cm³/mol. The first kappa shape index (κ1) is 11.3. The van der Waals surface area contributed by atoms with Crippen LogP contribution in [-0.2, 0) is 0 Å². The molecule has 0 fully saturated rings. The average Bonchev–Trinajstić information content (AvgIpc) is 2.12. The number of benzene rings is 1. The predicted octanol–water partition coefficient (Wildman–Crippen LogP) is 3.48. The minimum Gasteiger partial charge on any atom is -0.506 e. The Morgan fingerprint density at radius 2 is 1.93 bits per heavy atom. The van der Waals surface area contributed by atoms with Gasteiger partial charge in [0.05, 0.1) is 10.5 Å². The summed E-state index contributed by atoms with van der Waals surface area (Å²) in [4.78, 5) is 4.28. The highest BCUT2D eigenvalue weighted by atomic mass is 79.9. The molecular formula is C10H9BrClNO. The highest BCUT2D eigenvalue weighted by Crippen LogP contribution is 2.30. The third-order valence-electron chi connectivity index (χ3n) is 1.92. The second-order valence-corrected chi connectivity index (χ2v) is 3.30. The topological polar surface area (TPSA) is 33.1 Å². The summed E-state index contributed by atoms with van der Waals surface area (Å²) in [7, 11) is 0. The van der Waals surface area contributed by atoms with E-state index in [0.29, 0.717) is 5.02 Å². The number of phenolic OH excluding ortho intramolecular Hbond substituents is 1. The van der Waals surface area contributed by atoms with Crippen LogP contribution in [0, 0.1) is 6.92 Å². The van der Waals surface area contributed by atoms with Gasteiger partial charge in [0.25, 0.3) is 0 Å². The molecule has 0 aliphatic carbocycles. The van der Waals surface area contributed by atoms with Gasteiger partial charge in [0.15, 0.2) is 0 Å². The third kappa shape index (κ3) is 1.83. The minimum absolute atomic E-state index is 0. The molecule has 0 radical (unpaired) electrons. The van der Waals surface area contributed by atoms with Crippen molar-refractivity contribution in [2.24, 2.45) is 0 Å². The standard InChI is InChI=1S/C10H8ClNO.BrH/c1-6-2-3-7-8(12-6)4-5-9(13)10(7)11;/h2-5,13H,1H3;1H. The van der Waals surface area contributed by atoms with E-state index in [0.717, 1.165) is 16.6 Å². The molecule has 1 aromatic carbocycles. The lowest BCUT2D eigenvalue weighted by Crippen LogP contribution is -1.83. The molecule has 0 saturated heterocycles. The number of nitrogens with zero attached hydrogens (tertiary/aromatic N) is 1. The number of hydrogen-bond donors (Lipinski definition) is 1. The first-order valence-electron chi connectivity index (χ1n) is 3.93. The molecule has 4 heteroatoms. The summed E-state index contributed by atoms with van der Waals surface area (Å²) < 4.78 is 0. The van der Waals surface area contributed by atoms with Crippen molar-refractivity contribution in [1.29, 1.82) is 0 Å². The zero-order valence-corrected chi connectivity index (χ0v) is 9.96. The maximum Gasteiger partial charge on any atom is 0.134 e. The van der Waals surface area contributed by atoms with Crippen molar-refractivity contribution >= 4 is 39.5 Å². The van der Waals surface area contributed by atoms with Crippen molar-refractivity contribution in [3.05, 3.63) is 35.0 Å². The van der Waals surface area contributed by atoms with Crippen molar-refractivity contribution in [3.63, 3.8) is 0 Å². The molecule has 0 spiro atoms. The normalized spacial score (nSPS) is 9.86. The Labute approximate surface area is 97.3 Å². The lowest BCUT2D eigenvalue weighted by Gasteiger charge is -2.02. The van der Waals surface area contributed by atoms with Gasteiger partial charge in [-0.2, -0.15) is 0 Å². The molecule has 74 valence electrons. The first-order chi connectivity index (χ1) is 6.18. The average molecular weight is 275 g/mol. The van der Waals surface area contributed by atoms with E-state index in [1.165, 1.54) is 0 Å². The van der Waals surface area contributed by atoms with E-state index in [9.17, 15) is 5.11 Å². The molecule has 0 unspecified atom stereocenters. The molecule has 14 heavy (non-hydrogen) atoms. The number of phenols is 1. The minimum atomic E-state index is 0. The van der Waals surface area contributed by atoms with E-state index in [2.05, 4.69) is 4.98 Å². The number of halogens is 2. The number of rotatable bonds is 0. The van der Waals surface area contributed by atoms with Gasteiger partial charge in [-0.1, -0.05) is 11.6 Å². The third-order valence-corrected chi connectivity index (χ3v) is 2.32. The van der Waals surface area contributed by atoms with Gasteiger partial charge >= 0.3 is 0 Å². The summed E-state index contributed by atoms with van der Waals surface area (Å²) in [5.74, 6) is 0.0971. The number of aryl methyl sites for hydroxylation is 1. The molecule has 2 rings (SSSR count). The molecule has 0 bridgehead atoms. The maximum absolute atomic E-state index is 9.33. The number of fused-ring (bicyclic) bond motifs is 1. The number of aromatic hydroxyl groups is 1. The van der Waals surface area contributed by atoms with Crippen LogP contribution in [0.4, 0.5) is 0 Å². The van der Waals surface area contributed by atoms with Crippen molar-refractivity contribution in [2.45, 2.75) is 6.92 Å². The molecular weight excluding hydrogens is 265 g/mol. The second kappa shape index (κ2) is 4.15. The van der Waals surface area contributed by atoms with E-state index >= 15 is 0 Å². The van der Waals surface area contributed by atoms with Crippen LogP contribution < -0.4 is 0 Å². The lowest BCUT2D eigenvalue weighted by atomic mass is 10.2. The summed E-state index contributed by atoms with van der Waals surface area (Å²) in [5, 5.41) is 10.5. The fourth-order valence-electron chi connectivity index (χ4n) is 1.26. The zero-order chi connectivity index (χ0) is 9.42. The quantitative estimate of drug-likeness (QED) is 0.798. The molecule has 1 aromatic heterocycles. The summed E-state index contributed by atoms with van der Waals surface area (Å²) in [6.45, 7) is 1.92. The van der Waals surface area contributed by atoms with Crippen molar-refractivity contribution in [2.75, 3.05) is 0 Å². The Balaban J connectivity index is 0.000000980.